The highest BCUT2D eigenvalue weighted by Gasteiger charge is 2.55. The Morgan fingerprint density at radius 2 is 2.15 bits per heavy atom. The zero-order valence-electron chi connectivity index (χ0n) is 16.0. The lowest BCUT2D eigenvalue weighted by Gasteiger charge is -2.46. The van der Waals surface area contributed by atoms with Gasteiger partial charge in [-0.05, 0) is 50.6 Å². The lowest BCUT2D eigenvalue weighted by Crippen LogP contribution is -2.55. The summed E-state index contributed by atoms with van der Waals surface area (Å²) < 4.78 is 0. The molecule has 1 aromatic rings. The quantitative estimate of drug-likeness (QED) is 0.865. The molecule has 2 N–H and O–H groups in total. The molecule has 0 saturated carbocycles. The third-order valence-electron chi connectivity index (χ3n) is 6.02. The number of aryl methyl sites for hydroxylation is 1. The van der Waals surface area contributed by atoms with E-state index in [2.05, 4.69) is 52.5 Å². The van der Waals surface area contributed by atoms with Gasteiger partial charge in [0.2, 0.25) is 0 Å². The van der Waals surface area contributed by atoms with Crippen molar-refractivity contribution in [3.8, 4) is 6.07 Å². The predicted molar refractivity (Wildman–Crippen MR) is 106 cm³/mol. The Morgan fingerprint density at radius 3 is 2.77 bits per heavy atom. The summed E-state index contributed by atoms with van der Waals surface area (Å²) in [5.41, 5.74) is 3.53. The molecule has 2 aliphatic heterocycles. The minimum absolute atomic E-state index is 0.0181. The maximum atomic E-state index is 10.0. The van der Waals surface area contributed by atoms with Gasteiger partial charge in [0.25, 0.3) is 0 Å². The van der Waals surface area contributed by atoms with Gasteiger partial charge in [-0.3, -0.25) is 5.41 Å². The van der Waals surface area contributed by atoms with E-state index >= 15 is 0 Å². The molecule has 0 radical (unpaired) electrons. The smallest absolute Gasteiger partial charge is 0.120 e. The van der Waals surface area contributed by atoms with Crippen molar-refractivity contribution >= 4 is 11.5 Å². The minimum Gasteiger partial charge on any atom is -0.367 e. The van der Waals surface area contributed by atoms with Crippen LogP contribution in [0.15, 0.2) is 43.3 Å². The molecule has 26 heavy (non-hydrogen) atoms. The van der Waals surface area contributed by atoms with Crippen molar-refractivity contribution in [2.45, 2.75) is 45.3 Å². The topological polar surface area (TPSA) is 66.2 Å². The lowest BCUT2D eigenvalue weighted by atomic mass is 9.79. The summed E-state index contributed by atoms with van der Waals surface area (Å²) in [5.74, 6) is 0.549. The molecule has 2 heterocycles. The molecule has 2 aliphatic rings. The fraction of sp³-hybridized carbons (Fsp3) is 0.429. The number of piperazine rings is 1. The first-order chi connectivity index (χ1) is 12.2. The molecular formula is C21H27N5. The molecule has 1 aromatic carbocycles. The van der Waals surface area contributed by atoms with Crippen molar-refractivity contribution < 1.29 is 0 Å². The average Bonchev–Trinajstić information content (AvgIpc) is 2.94. The Hall–Kier alpha value is -2.74. The van der Waals surface area contributed by atoms with Crippen molar-refractivity contribution in [3.63, 3.8) is 0 Å². The first-order valence-electron chi connectivity index (χ1n) is 8.92. The summed E-state index contributed by atoms with van der Waals surface area (Å²) in [5, 5.41) is 21.9. The highest BCUT2D eigenvalue weighted by atomic mass is 15.4. The minimum atomic E-state index is -0.592. The van der Waals surface area contributed by atoms with Crippen LogP contribution >= 0.6 is 0 Å². The van der Waals surface area contributed by atoms with Crippen LogP contribution in [0.5, 0.6) is 0 Å². The van der Waals surface area contributed by atoms with E-state index < -0.39 is 5.41 Å². The first-order valence-corrected chi connectivity index (χ1v) is 8.92. The number of hydrogen-bond donors (Lipinski definition) is 2. The van der Waals surface area contributed by atoms with E-state index in [1.54, 1.807) is 6.20 Å². The van der Waals surface area contributed by atoms with Crippen LogP contribution in [-0.4, -0.2) is 34.8 Å². The molecule has 2 fully saturated rings. The number of nitrogens with zero attached hydrogens (tertiary/aromatic N) is 3. The molecule has 5 heteroatoms. The van der Waals surface area contributed by atoms with Gasteiger partial charge in [-0.2, -0.15) is 5.26 Å². The van der Waals surface area contributed by atoms with Gasteiger partial charge in [0.1, 0.15) is 5.84 Å². The Morgan fingerprint density at radius 1 is 1.46 bits per heavy atom. The molecule has 4 atom stereocenters. The second kappa shape index (κ2) is 6.21. The molecule has 0 amide bonds. The van der Waals surface area contributed by atoms with Gasteiger partial charge in [-0.1, -0.05) is 25.3 Å². The summed E-state index contributed by atoms with van der Waals surface area (Å²) in [6.45, 7) is 14.1. The summed E-state index contributed by atoms with van der Waals surface area (Å²) in [7, 11) is 1.98. The number of fused-ring (bicyclic) bond motifs is 1. The van der Waals surface area contributed by atoms with Crippen molar-refractivity contribution in [1.82, 2.24) is 9.80 Å². The summed E-state index contributed by atoms with van der Waals surface area (Å²) >= 11 is 0. The highest BCUT2D eigenvalue weighted by Crippen LogP contribution is 2.53. The van der Waals surface area contributed by atoms with Gasteiger partial charge >= 0.3 is 0 Å². The van der Waals surface area contributed by atoms with Crippen molar-refractivity contribution in [2.24, 2.45) is 5.41 Å². The van der Waals surface area contributed by atoms with Crippen molar-refractivity contribution in [2.75, 3.05) is 12.4 Å². The monoisotopic (exact) mass is 349 g/mol. The Bertz CT molecular complexity index is 820. The standard InChI is InChI=1S/C21H27N5/c1-7-24-17-10-16(9-8-13(17)2)19-21(5,12-22)11-18-14(3)25(6)15(4)20(23)26(18)19/h7-10,15,18-19,23-24H,1,3,11H2,2,4-6H3/t15?,18?,19?,21-/m1/s1. The van der Waals surface area contributed by atoms with Gasteiger partial charge in [-0.15, -0.1) is 0 Å². The lowest BCUT2D eigenvalue weighted by molar-refractivity contribution is 0.203. The molecule has 0 aromatic heterocycles. The van der Waals surface area contributed by atoms with Crippen LogP contribution < -0.4 is 5.32 Å². The van der Waals surface area contributed by atoms with E-state index in [1.807, 2.05) is 27.8 Å². The number of nitriles is 1. The second-order valence-electron chi connectivity index (χ2n) is 7.65. The Balaban J connectivity index is 2.14. The van der Waals surface area contributed by atoms with Crippen LogP contribution in [0, 0.1) is 29.1 Å². The summed E-state index contributed by atoms with van der Waals surface area (Å²) in [6.07, 6.45) is 2.33. The predicted octanol–water partition coefficient (Wildman–Crippen LogP) is 4.02. The maximum Gasteiger partial charge on any atom is 0.120 e. The fourth-order valence-electron chi connectivity index (χ4n) is 4.28. The van der Waals surface area contributed by atoms with Crippen LogP contribution in [-0.2, 0) is 0 Å². The van der Waals surface area contributed by atoms with Crippen LogP contribution in [0.3, 0.4) is 0 Å². The summed E-state index contributed by atoms with van der Waals surface area (Å²) in [4.78, 5) is 4.17. The van der Waals surface area contributed by atoms with Crippen LogP contribution in [0.4, 0.5) is 5.69 Å². The number of amidine groups is 1. The SMILES string of the molecule is C=CNc1cc(C2N3C(=N)C(C)N(C)C(=C)C3C[C@]2(C)C#N)ccc1C. The third kappa shape index (κ3) is 2.48. The second-order valence-corrected chi connectivity index (χ2v) is 7.65. The largest absolute Gasteiger partial charge is 0.367 e. The molecule has 5 nitrogen and oxygen atoms in total. The Kier molecular flexibility index (Phi) is 4.31. The van der Waals surface area contributed by atoms with E-state index in [-0.39, 0.29) is 18.1 Å². The van der Waals surface area contributed by atoms with Gasteiger partial charge in [0, 0.05) is 18.4 Å². The maximum absolute atomic E-state index is 10.0. The number of benzene rings is 1. The normalized spacial score (nSPS) is 30.8. The van der Waals surface area contributed by atoms with Crippen LogP contribution in [0.25, 0.3) is 0 Å². The van der Waals surface area contributed by atoms with Gasteiger partial charge < -0.3 is 15.1 Å². The van der Waals surface area contributed by atoms with Crippen molar-refractivity contribution in [3.05, 3.63) is 54.4 Å². The number of hydrogen-bond acceptors (Lipinski definition) is 4. The number of anilines is 1. The average molecular weight is 349 g/mol. The molecule has 136 valence electrons. The van der Waals surface area contributed by atoms with E-state index in [4.69, 9.17) is 5.41 Å². The van der Waals surface area contributed by atoms with E-state index in [9.17, 15) is 5.26 Å². The van der Waals surface area contributed by atoms with E-state index in [0.717, 1.165) is 22.5 Å². The van der Waals surface area contributed by atoms with Crippen LogP contribution in [0.1, 0.15) is 37.4 Å². The van der Waals surface area contributed by atoms with Gasteiger partial charge in [-0.25, -0.2) is 0 Å². The molecule has 2 saturated heterocycles. The molecule has 3 rings (SSSR count). The first kappa shape index (κ1) is 18.1. The molecule has 3 unspecified atom stereocenters. The zero-order valence-corrected chi connectivity index (χ0v) is 16.0. The molecular weight excluding hydrogens is 322 g/mol. The number of rotatable bonds is 3. The van der Waals surface area contributed by atoms with E-state index in [0.29, 0.717) is 12.3 Å². The molecule has 0 aliphatic carbocycles. The van der Waals surface area contributed by atoms with Crippen molar-refractivity contribution in [1.29, 1.82) is 10.7 Å². The third-order valence-corrected chi connectivity index (χ3v) is 6.02. The van der Waals surface area contributed by atoms with Crippen LogP contribution in [0.2, 0.25) is 0 Å². The van der Waals surface area contributed by atoms with Gasteiger partial charge in [0.05, 0.1) is 29.6 Å². The fourth-order valence-corrected chi connectivity index (χ4v) is 4.28. The number of nitrogens with one attached hydrogen (secondary N) is 2. The summed E-state index contributed by atoms with van der Waals surface area (Å²) in [6, 6.07) is 8.51. The molecule has 0 bridgehead atoms. The zero-order chi connectivity index (χ0) is 19.2. The number of likely N-dealkylation sites (N-methyl/N-ethyl adjacent to an activating group) is 1. The van der Waals surface area contributed by atoms with E-state index in [1.165, 1.54) is 0 Å². The van der Waals surface area contributed by atoms with Gasteiger partial charge in [0.15, 0.2) is 0 Å². The highest BCUT2D eigenvalue weighted by molar-refractivity contribution is 5.87. The Labute approximate surface area is 156 Å². The molecule has 0 spiro atoms.